The summed E-state index contributed by atoms with van der Waals surface area (Å²) >= 11 is 0. The molecule has 0 saturated carbocycles. The molecule has 4 atom stereocenters. The maximum absolute atomic E-state index is 12.6. The number of nitrogens with one attached hydrogen (secondary N) is 1. The fraction of sp³-hybridized carbons (Fsp3) is 1.00. The summed E-state index contributed by atoms with van der Waals surface area (Å²) in [5, 5.41) is 2.75. The Morgan fingerprint density at radius 1 is 1.06 bits per heavy atom. The Balaban J connectivity index is 0. The Labute approximate surface area is 102 Å². The van der Waals surface area contributed by atoms with Crippen LogP contribution >= 0.6 is 0 Å². The van der Waals surface area contributed by atoms with E-state index < -0.39 is 47.2 Å². The van der Waals surface area contributed by atoms with Gasteiger partial charge in [0, 0.05) is 0 Å². The summed E-state index contributed by atoms with van der Waals surface area (Å²) in [5.41, 5.74) is 0. The third-order valence-electron chi connectivity index (χ3n) is 1.51. The van der Waals surface area contributed by atoms with Crippen LogP contribution in [0.15, 0.2) is 0 Å². The molecule has 0 rings (SSSR count). The van der Waals surface area contributed by atoms with E-state index in [0.717, 1.165) is 0 Å². The van der Waals surface area contributed by atoms with Crippen molar-refractivity contribution in [3.05, 3.63) is 0 Å². The maximum Gasteiger partial charge on any atom is 0.267 e. The van der Waals surface area contributed by atoms with Crippen molar-refractivity contribution < 1.29 is 34.9 Å². The molecule has 0 aliphatic rings. The molecule has 0 aromatic heterocycles. The van der Waals surface area contributed by atoms with Crippen LogP contribution < -0.4 is 5.32 Å². The van der Waals surface area contributed by atoms with Gasteiger partial charge in [-0.1, -0.05) is 0 Å². The first kappa shape index (κ1) is 19.9. The van der Waals surface area contributed by atoms with Crippen molar-refractivity contribution in [1.29, 1.82) is 0 Å². The third-order valence-corrected chi connectivity index (χ3v) is 2.25. The van der Waals surface area contributed by atoms with Gasteiger partial charge in [-0.3, -0.25) is 4.55 Å². The smallest absolute Gasteiger partial charge is 0.267 e. The van der Waals surface area contributed by atoms with Crippen LogP contribution in [-0.2, 0) is 10.1 Å². The lowest BCUT2D eigenvalue weighted by Crippen LogP contribution is -2.39. The summed E-state index contributed by atoms with van der Waals surface area (Å²) in [6, 6.07) is 0. The predicted molar refractivity (Wildman–Crippen MR) is 57.0 cm³/mol. The molecule has 0 spiro atoms. The van der Waals surface area contributed by atoms with Crippen LogP contribution in [0.1, 0.15) is 0 Å². The van der Waals surface area contributed by atoms with Crippen LogP contribution in [-0.4, -0.2) is 64.2 Å². The highest BCUT2D eigenvalue weighted by Gasteiger charge is 2.37. The fourth-order valence-electron chi connectivity index (χ4n) is 0.777. The summed E-state index contributed by atoms with van der Waals surface area (Å²) in [6.45, 7) is -1.85. The molecule has 0 aromatic carbocycles. The van der Waals surface area contributed by atoms with E-state index in [-0.39, 0.29) is 0 Å². The second-order valence-electron chi connectivity index (χ2n) is 3.32. The molecule has 112 valence electrons. The number of alkyl halides is 5. The van der Waals surface area contributed by atoms with E-state index in [2.05, 4.69) is 5.32 Å². The van der Waals surface area contributed by atoms with Gasteiger partial charge in [-0.15, -0.1) is 0 Å². The van der Waals surface area contributed by atoms with Gasteiger partial charge in [0.2, 0.25) is 0 Å². The van der Waals surface area contributed by atoms with Crippen molar-refractivity contribution in [3.63, 3.8) is 0 Å². The summed E-state index contributed by atoms with van der Waals surface area (Å²) in [7, 11) is -1.08. The molecule has 4 unspecified atom stereocenters. The number of hydrogen-bond acceptors (Lipinski definition) is 3. The second kappa shape index (κ2) is 9.45. The zero-order chi connectivity index (χ0) is 14.9. The van der Waals surface area contributed by atoms with Crippen LogP contribution in [0.3, 0.4) is 0 Å². The zero-order valence-corrected chi connectivity index (χ0v) is 10.6. The average Bonchev–Trinajstić information content (AvgIpc) is 2.24. The zero-order valence-electron chi connectivity index (χ0n) is 9.79. The summed E-state index contributed by atoms with van der Waals surface area (Å²) < 4.78 is 89.7. The van der Waals surface area contributed by atoms with E-state index in [1.165, 1.54) is 0 Å². The molecule has 0 amide bonds. The van der Waals surface area contributed by atoms with E-state index in [0.29, 0.717) is 0 Å². The van der Waals surface area contributed by atoms with Crippen molar-refractivity contribution in [2.45, 2.75) is 24.7 Å². The first-order valence-electron chi connectivity index (χ1n) is 4.76. The minimum Gasteiger partial charge on any atom is -0.323 e. The molecule has 0 radical (unpaired) electrons. The summed E-state index contributed by atoms with van der Waals surface area (Å²) in [6.07, 6.45) is -12.1. The molecule has 0 aliphatic carbocycles. The van der Waals surface area contributed by atoms with Gasteiger partial charge in [0.05, 0.1) is 0 Å². The molecule has 4 nitrogen and oxygen atoms in total. The molecule has 0 aliphatic heterocycles. The highest BCUT2D eigenvalue weighted by atomic mass is 32.2. The first-order chi connectivity index (χ1) is 8.10. The largest absolute Gasteiger partial charge is 0.323 e. The average molecular weight is 301 g/mol. The normalized spacial score (nSPS) is 18.2. The molecular weight excluding hydrogens is 285 g/mol. The lowest BCUT2D eigenvalue weighted by molar-refractivity contribution is 0.0302. The van der Waals surface area contributed by atoms with Gasteiger partial charge in [0.25, 0.3) is 10.1 Å². The third kappa shape index (κ3) is 9.54. The highest BCUT2D eigenvalue weighted by molar-refractivity contribution is 7.85. The molecule has 0 saturated heterocycles. The van der Waals surface area contributed by atoms with Gasteiger partial charge in [0.1, 0.15) is 12.4 Å². The highest BCUT2D eigenvalue weighted by Crippen LogP contribution is 2.18. The van der Waals surface area contributed by atoms with E-state index >= 15 is 0 Å². The Morgan fingerprint density at radius 2 is 1.39 bits per heavy atom. The summed E-state index contributed by atoms with van der Waals surface area (Å²) in [5.74, 6) is -1.70. The standard InChI is InChI=1S/C6H9F5O3S.C2H7N/c7-1-3(8)5(10)6(11)4(9)2-15(12,13)14;1-3-2/h3-6H,1-2H2,(H,12,13,14);3H,1-2H3. The van der Waals surface area contributed by atoms with E-state index in [1.54, 1.807) is 0 Å². The number of rotatable bonds is 6. The maximum atomic E-state index is 12.6. The number of halogens is 5. The Kier molecular flexibility index (Phi) is 10.4. The van der Waals surface area contributed by atoms with Crippen LogP contribution in [0, 0.1) is 0 Å². The van der Waals surface area contributed by atoms with Crippen molar-refractivity contribution in [3.8, 4) is 0 Å². The van der Waals surface area contributed by atoms with Crippen molar-refractivity contribution in [2.24, 2.45) is 0 Å². The molecule has 0 heterocycles. The van der Waals surface area contributed by atoms with Gasteiger partial charge >= 0.3 is 0 Å². The fourth-order valence-corrected chi connectivity index (χ4v) is 1.36. The molecule has 0 bridgehead atoms. The summed E-state index contributed by atoms with van der Waals surface area (Å²) in [4.78, 5) is 0. The van der Waals surface area contributed by atoms with Crippen LogP contribution in [0.5, 0.6) is 0 Å². The minimum atomic E-state index is -4.83. The molecule has 18 heavy (non-hydrogen) atoms. The van der Waals surface area contributed by atoms with Gasteiger partial charge in [-0.2, -0.15) is 8.42 Å². The van der Waals surface area contributed by atoms with E-state index in [4.69, 9.17) is 4.55 Å². The quantitative estimate of drug-likeness (QED) is 0.568. The van der Waals surface area contributed by atoms with E-state index in [9.17, 15) is 30.4 Å². The van der Waals surface area contributed by atoms with Crippen LogP contribution in [0.4, 0.5) is 22.0 Å². The van der Waals surface area contributed by atoms with Crippen molar-refractivity contribution in [1.82, 2.24) is 5.32 Å². The van der Waals surface area contributed by atoms with Gasteiger partial charge < -0.3 is 5.32 Å². The lowest BCUT2D eigenvalue weighted by Gasteiger charge is -2.17. The van der Waals surface area contributed by atoms with Gasteiger partial charge in [-0.05, 0) is 14.1 Å². The Hall–Kier alpha value is -0.480. The number of hydrogen-bond donors (Lipinski definition) is 2. The van der Waals surface area contributed by atoms with E-state index in [1.807, 2.05) is 14.1 Å². The molecule has 0 fully saturated rings. The topological polar surface area (TPSA) is 66.4 Å². The Morgan fingerprint density at radius 3 is 1.67 bits per heavy atom. The van der Waals surface area contributed by atoms with Crippen LogP contribution in [0.2, 0.25) is 0 Å². The molecule has 2 N–H and O–H groups in total. The molecule has 10 heteroatoms. The van der Waals surface area contributed by atoms with Crippen molar-refractivity contribution >= 4 is 10.1 Å². The molecule has 0 aromatic rings. The lowest BCUT2D eigenvalue weighted by atomic mass is 10.1. The first-order valence-corrected chi connectivity index (χ1v) is 6.37. The predicted octanol–water partition coefficient (Wildman–Crippen LogP) is 1.03. The monoisotopic (exact) mass is 301 g/mol. The van der Waals surface area contributed by atoms with Gasteiger partial charge in [-0.25, -0.2) is 22.0 Å². The van der Waals surface area contributed by atoms with Gasteiger partial charge in [0.15, 0.2) is 24.7 Å². The van der Waals surface area contributed by atoms with Crippen molar-refractivity contribution in [2.75, 3.05) is 26.5 Å². The van der Waals surface area contributed by atoms with Crippen LogP contribution in [0.25, 0.3) is 0 Å². The minimum absolute atomic E-state index is 1.70. The second-order valence-corrected chi connectivity index (χ2v) is 4.82. The Bertz CT molecular complexity index is 303. The SMILES string of the molecule is CNC.O=S(=O)(O)CC(F)C(F)C(F)C(F)CF. The molecular formula is C8H16F5NO3S.